The minimum Gasteiger partial charge on any atom is -0.381 e. The molecule has 4 rings (SSSR count). The first kappa shape index (κ1) is 15.8. The molecule has 0 aromatic carbocycles. The number of nitrogens with two attached hydrogens (primary N) is 1. The van der Waals surface area contributed by atoms with Crippen LogP contribution in [-0.4, -0.2) is 35.4 Å². The lowest BCUT2D eigenvalue weighted by molar-refractivity contribution is 0.111. The molecule has 0 unspecified atom stereocenters. The third kappa shape index (κ3) is 2.86. The highest BCUT2D eigenvalue weighted by atomic mass is 16.1. The van der Waals surface area contributed by atoms with Gasteiger partial charge < -0.3 is 11.1 Å². The number of nitrogen functional groups attached to an aromatic ring is 1. The van der Waals surface area contributed by atoms with E-state index in [1.165, 1.54) is 0 Å². The van der Waals surface area contributed by atoms with Crippen molar-refractivity contribution in [1.29, 1.82) is 0 Å². The van der Waals surface area contributed by atoms with E-state index in [0.29, 0.717) is 35.2 Å². The fourth-order valence-corrected chi connectivity index (χ4v) is 2.64. The van der Waals surface area contributed by atoms with E-state index in [1.54, 1.807) is 27.7 Å². The van der Waals surface area contributed by atoms with Crippen molar-refractivity contribution < 1.29 is 4.79 Å². The number of hydrogen-bond acceptors (Lipinski definition) is 7. The Hall–Kier alpha value is -3.75. The molecule has 0 spiro atoms. The fraction of sp³-hybridized carbons (Fsp3) is 0.118. The van der Waals surface area contributed by atoms with Gasteiger partial charge in [-0.05, 0) is 11.6 Å². The van der Waals surface area contributed by atoms with Gasteiger partial charge in [0.25, 0.3) is 0 Å². The molecule has 0 fully saturated rings. The molecule has 3 N–H and O–H groups in total. The van der Waals surface area contributed by atoms with Crippen LogP contribution in [-0.2, 0) is 13.6 Å². The number of carbonyl (C=O) groups excluding carboxylic acids is 1. The number of fused-ring (bicyclic) bond motifs is 1. The van der Waals surface area contributed by atoms with E-state index >= 15 is 0 Å². The van der Waals surface area contributed by atoms with Crippen LogP contribution in [0.15, 0.2) is 43.1 Å². The molecule has 0 saturated carbocycles. The maximum atomic E-state index is 11.1. The largest absolute Gasteiger partial charge is 0.381 e. The molecular weight excluding hydrogens is 332 g/mol. The number of nitrogens with one attached hydrogen (secondary N) is 1. The molecule has 9 heteroatoms. The number of anilines is 2. The Labute approximate surface area is 148 Å². The van der Waals surface area contributed by atoms with E-state index in [4.69, 9.17) is 5.73 Å². The lowest BCUT2D eigenvalue weighted by atomic mass is 10.2. The predicted octanol–water partition coefficient (Wildman–Crippen LogP) is 1.53. The average molecular weight is 348 g/mol. The summed E-state index contributed by atoms with van der Waals surface area (Å²) in [7, 11) is 1.84. The third-order valence-electron chi connectivity index (χ3n) is 3.98. The first-order valence-corrected chi connectivity index (χ1v) is 7.90. The zero-order chi connectivity index (χ0) is 18.1. The van der Waals surface area contributed by atoms with E-state index in [1.807, 2.05) is 31.6 Å². The van der Waals surface area contributed by atoms with Gasteiger partial charge in [-0.25, -0.2) is 15.0 Å². The maximum absolute atomic E-state index is 11.1. The molecule has 9 nitrogen and oxygen atoms in total. The average Bonchev–Trinajstić information content (AvgIpc) is 3.26. The summed E-state index contributed by atoms with van der Waals surface area (Å²) in [5.74, 6) is 0.808. The van der Waals surface area contributed by atoms with Gasteiger partial charge in [0, 0.05) is 31.5 Å². The van der Waals surface area contributed by atoms with Crippen molar-refractivity contribution >= 4 is 23.6 Å². The molecule has 4 aromatic heterocycles. The van der Waals surface area contributed by atoms with Gasteiger partial charge in [0.2, 0.25) is 0 Å². The molecule has 0 bridgehead atoms. The maximum Gasteiger partial charge on any atom is 0.169 e. The predicted molar refractivity (Wildman–Crippen MR) is 96.6 cm³/mol. The Kier molecular flexibility index (Phi) is 3.81. The lowest BCUT2D eigenvalue weighted by Gasteiger charge is -2.09. The van der Waals surface area contributed by atoms with Crippen molar-refractivity contribution in [1.82, 2.24) is 29.1 Å². The van der Waals surface area contributed by atoms with Crippen LogP contribution < -0.4 is 11.1 Å². The van der Waals surface area contributed by atoms with E-state index < -0.39 is 0 Å². The summed E-state index contributed by atoms with van der Waals surface area (Å²) in [4.78, 5) is 24.0. The fourth-order valence-electron chi connectivity index (χ4n) is 2.64. The second-order valence-corrected chi connectivity index (χ2v) is 5.81. The zero-order valence-corrected chi connectivity index (χ0v) is 14.0. The number of aryl methyl sites for hydroxylation is 1. The van der Waals surface area contributed by atoms with Gasteiger partial charge in [-0.1, -0.05) is 6.07 Å². The number of pyridine rings is 1. The quantitative estimate of drug-likeness (QED) is 0.525. The third-order valence-corrected chi connectivity index (χ3v) is 3.98. The molecular formula is C17H16N8O. The normalized spacial score (nSPS) is 11.0. The standard InChI is InChI=1S/C17H16N8O/c1-24-9-12(5-22-24)14-7-20-16(18)17(23-14)21-4-11-2-3-15-19-6-13(10-26)25(15)8-11/h2-3,5-10H,4H2,1H3,(H2,18,20)(H,21,23). The molecule has 0 amide bonds. The summed E-state index contributed by atoms with van der Waals surface area (Å²) in [5.41, 5.74) is 9.65. The van der Waals surface area contributed by atoms with Crippen molar-refractivity contribution in [3.05, 3.63) is 54.4 Å². The van der Waals surface area contributed by atoms with Gasteiger partial charge in [0.1, 0.15) is 11.3 Å². The topological polar surface area (TPSA) is 116 Å². The molecule has 0 saturated heterocycles. The first-order valence-electron chi connectivity index (χ1n) is 7.90. The number of rotatable bonds is 5. The summed E-state index contributed by atoms with van der Waals surface area (Å²) >= 11 is 0. The Balaban J connectivity index is 1.58. The van der Waals surface area contributed by atoms with E-state index in [9.17, 15) is 4.79 Å². The van der Waals surface area contributed by atoms with Crippen molar-refractivity contribution in [3.63, 3.8) is 0 Å². The number of aromatic nitrogens is 6. The number of imidazole rings is 1. The highest BCUT2D eigenvalue weighted by Gasteiger charge is 2.09. The molecule has 0 radical (unpaired) electrons. The Bertz CT molecular complexity index is 1100. The Morgan fingerprint density at radius 3 is 2.85 bits per heavy atom. The molecule has 26 heavy (non-hydrogen) atoms. The van der Waals surface area contributed by atoms with Crippen LogP contribution in [0.1, 0.15) is 16.1 Å². The van der Waals surface area contributed by atoms with Crippen LogP contribution >= 0.6 is 0 Å². The van der Waals surface area contributed by atoms with Crippen LogP contribution in [0.5, 0.6) is 0 Å². The summed E-state index contributed by atoms with van der Waals surface area (Å²) < 4.78 is 3.44. The van der Waals surface area contributed by atoms with E-state index in [2.05, 4.69) is 25.4 Å². The molecule has 0 atom stereocenters. The van der Waals surface area contributed by atoms with Gasteiger partial charge in [-0.15, -0.1) is 0 Å². The van der Waals surface area contributed by atoms with Gasteiger partial charge >= 0.3 is 0 Å². The summed E-state index contributed by atoms with van der Waals surface area (Å²) in [6.45, 7) is 0.474. The second kappa shape index (κ2) is 6.28. The summed E-state index contributed by atoms with van der Waals surface area (Å²) in [5, 5.41) is 7.33. The smallest absolute Gasteiger partial charge is 0.169 e. The highest BCUT2D eigenvalue weighted by Crippen LogP contribution is 2.21. The molecule has 4 heterocycles. The van der Waals surface area contributed by atoms with Crippen LogP contribution in [0.25, 0.3) is 16.9 Å². The van der Waals surface area contributed by atoms with Gasteiger partial charge in [0.05, 0.1) is 24.3 Å². The SMILES string of the molecule is Cn1cc(-c2cnc(N)c(NCc3ccc4ncc(C=O)n4c3)n2)cn1. The lowest BCUT2D eigenvalue weighted by Crippen LogP contribution is -2.07. The second-order valence-electron chi connectivity index (χ2n) is 5.81. The number of hydrogen-bond donors (Lipinski definition) is 2. The molecule has 130 valence electrons. The zero-order valence-electron chi connectivity index (χ0n) is 14.0. The van der Waals surface area contributed by atoms with Crippen molar-refractivity contribution in [2.45, 2.75) is 6.54 Å². The highest BCUT2D eigenvalue weighted by molar-refractivity contribution is 5.74. The number of nitrogens with zero attached hydrogens (tertiary/aromatic N) is 6. The van der Waals surface area contributed by atoms with E-state index in [0.717, 1.165) is 17.4 Å². The Morgan fingerprint density at radius 1 is 1.19 bits per heavy atom. The number of aldehydes is 1. The van der Waals surface area contributed by atoms with Gasteiger partial charge in [-0.3, -0.25) is 13.9 Å². The van der Waals surface area contributed by atoms with Crippen molar-refractivity contribution in [2.24, 2.45) is 7.05 Å². The van der Waals surface area contributed by atoms with Crippen LogP contribution in [0, 0.1) is 0 Å². The van der Waals surface area contributed by atoms with Crippen molar-refractivity contribution in [2.75, 3.05) is 11.1 Å². The van der Waals surface area contributed by atoms with Gasteiger partial charge in [-0.2, -0.15) is 5.10 Å². The van der Waals surface area contributed by atoms with Gasteiger partial charge in [0.15, 0.2) is 17.9 Å². The molecule has 0 aliphatic rings. The molecule has 0 aliphatic carbocycles. The number of carbonyl (C=O) groups is 1. The van der Waals surface area contributed by atoms with Crippen LogP contribution in [0.2, 0.25) is 0 Å². The summed E-state index contributed by atoms with van der Waals surface area (Å²) in [6.07, 6.45) is 9.37. The van der Waals surface area contributed by atoms with Crippen molar-refractivity contribution in [3.8, 4) is 11.3 Å². The van der Waals surface area contributed by atoms with E-state index in [-0.39, 0.29) is 0 Å². The first-order chi connectivity index (χ1) is 12.6. The minimum atomic E-state index is 0.315. The monoisotopic (exact) mass is 348 g/mol. The van der Waals surface area contributed by atoms with Crippen LogP contribution in [0.3, 0.4) is 0 Å². The summed E-state index contributed by atoms with van der Waals surface area (Å²) in [6, 6.07) is 3.78. The van der Waals surface area contributed by atoms with Crippen LogP contribution in [0.4, 0.5) is 11.6 Å². The Morgan fingerprint density at radius 2 is 2.08 bits per heavy atom. The minimum absolute atomic E-state index is 0.315. The molecule has 4 aromatic rings. The molecule has 0 aliphatic heterocycles.